The minimum Gasteiger partial charge on any atom is -0.489 e. The lowest BCUT2D eigenvalue weighted by molar-refractivity contribution is 0.356. The van der Waals surface area contributed by atoms with Crippen LogP contribution in [0.5, 0.6) is 5.75 Å². The van der Waals surface area contributed by atoms with E-state index in [2.05, 4.69) is 78.8 Å². The van der Waals surface area contributed by atoms with E-state index in [0.29, 0.717) is 6.61 Å². The Morgan fingerprint density at radius 3 is 2.00 bits per heavy atom. The number of hydrogen-bond donors (Lipinski definition) is 0. The van der Waals surface area contributed by atoms with Crippen LogP contribution in [0.4, 0.5) is 0 Å². The van der Waals surface area contributed by atoms with Crippen LogP contribution < -0.4 is 4.74 Å². The Morgan fingerprint density at radius 1 is 0.800 bits per heavy atom. The second-order valence-electron chi connectivity index (χ2n) is 7.42. The molecular weight excluding hydrogens is 304 g/mol. The molecule has 0 unspecified atom stereocenters. The molecule has 1 aromatic rings. The van der Waals surface area contributed by atoms with Gasteiger partial charge in [-0.1, -0.05) is 41.0 Å². The van der Waals surface area contributed by atoms with Crippen LogP contribution in [0.1, 0.15) is 70.1 Å². The number of ether oxygens (including phenoxy) is 1. The van der Waals surface area contributed by atoms with Gasteiger partial charge in [-0.3, -0.25) is 0 Å². The molecule has 0 atom stereocenters. The van der Waals surface area contributed by atoms with Gasteiger partial charge in [0.2, 0.25) is 0 Å². The standard InChI is InChI=1S/C24H36O/c1-18(2)10-8-11-19(3)12-9-13-20(4)16-17-25-24-22(6)15-14-21(5)23(24)7/h10,12,14-16H,8-9,11,13,17H2,1-7H3. The van der Waals surface area contributed by atoms with Gasteiger partial charge in [0.1, 0.15) is 12.4 Å². The molecule has 1 rings (SSSR count). The summed E-state index contributed by atoms with van der Waals surface area (Å²) in [4.78, 5) is 0. The van der Waals surface area contributed by atoms with Gasteiger partial charge in [-0.15, -0.1) is 0 Å². The lowest BCUT2D eigenvalue weighted by atomic mass is 10.1. The molecule has 0 spiro atoms. The molecule has 25 heavy (non-hydrogen) atoms. The topological polar surface area (TPSA) is 9.23 Å². The third kappa shape index (κ3) is 8.25. The van der Waals surface area contributed by atoms with E-state index in [1.807, 2.05) is 0 Å². The molecule has 0 aliphatic rings. The van der Waals surface area contributed by atoms with Gasteiger partial charge in [0.15, 0.2) is 0 Å². The summed E-state index contributed by atoms with van der Waals surface area (Å²) in [6, 6.07) is 4.29. The van der Waals surface area contributed by atoms with E-state index in [-0.39, 0.29) is 0 Å². The van der Waals surface area contributed by atoms with Crippen LogP contribution in [0.15, 0.2) is 47.1 Å². The number of benzene rings is 1. The Labute approximate surface area is 155 Å². The monoisotopic (exact) mass is 340 g/mol. The normalized spacial score (nSPS) is 12.3. The summed E-state index contributed by atoms with van der Waals surface area (Å²) < 4.78 is 6.02. The van der Waals surface area contributed by atoms with Gasteiger partial charge in [0.05, 0.1) is 0 Å². The van der Waals surface area contributed by atoms with Crippen LogP contribution in [0.2, 0.25) is 0 Å². The predicted molar refractivity (Wildman–Crippen MR) is 112 cm³/mol. The van der Waals surface area contributed by atoms with Gasteiger partial charge in [0, 0.05) is 0 Å². The predicted octanol–water partition coefficient (Wildman–Crippen LogP) is 7.41. The summed E-state index contributed by atoms with van der Waals surface area (Å²) >= 11 is 0. The number of allylic oxidation sites excluding steroid dienone is 5. The van der Waals surface area contributed by atoms with Crippen molar-refractivity contribution in [2.75, 3.05) is 6.61 Å². The van der Waals surface area contributed by atoms with E-state index < -0.39 is 0 Å². The molecule has 0 saturated carbocycles. The highest BCUT2D eigenvalue weighted by atomic mass is 16.5. The van der Waals surface area contributed by atoms with Gasteiger partial charge in [0.25, 0.3) is 0 Å². The average molecular weight is 341 g/mol. The van der Waals surface area contributed by atoms with E-state index in [9.17, 15) is 0 Å². The van der Waals surface area contributed by atoms with Crippen molar-refractivity contribution in [3.63, 3.8) is 0 Å². The van der Waals surface area contributed by atoms with Gasteiger partial charge in [-0.05, 0) is 96.9 Å². The maximum atomic E-state index is 6.02. The number of hydrogen-bond acceptors (Lipinski definition) is 1. The molecule has 0 amide bonds. The van der Waals surface area contributed by atoms with Crippen LogP contribution in [0, 0.1) is 20.8 Å². The van der Waals surface area contributed by atoms with Gasteiger partial charge in [-0.2, -0.15) is 0 Å². The molecule has 0 saturated heterocycles. The highest BCUT2D eigenvalue weighted by molar-refractivity contribution is 5.44. The zero-order chi connectivity index (χ0) is 18.8. The highest BCUT2D eigenvalue weighted by Gasteiger charge is 2.05. The Hall–Kier alpha value is -1.76. The quantitative estimate of drug-likeness (QED) is 0.425. The first-order valence-corrected chi connectivity index (χ1v) is 9.45. The molecule has 1 heteroatoms. The summed E-state index contributed by atoms with van der Waals surface area (Å²) in [5, 5.41) is 0. The Balaban J connectivity index is 2.42. The number of rotatable bonds is 9. The summed E-state index contributed by atoms with van der Waals surface area (Å²) in [7, 11) is 0. The van der Waals surface area contributed by atoms with Gasteiger partial charge in [-0.25, -0.2) is 0 Å². The highest BCUT2D eigenvalue weighted by Crippen LogP contribution is 2.25. The first kappa shape index (κ1) is 21.3. The first-order valence-electron chi connectivity index (χ1n) is 9.45. The van der Waals surface area contributed by atoms with Crippen LogP contribution in [0.3, 0.4) is 0 Å². The SMILES string of the molecule is CC(C)=CCCC(C)=CCCC(C)=CCOc1c(C)ccc(C)c1C. The van der Waals surface area contributed by atoms with Crippen molar-refractivity contribution in [2.24, 2.45) is 0 Å². The van der Waals surface area contributed by atoms with Crippen molar-refractivity contribution in [1.29, 1.82) is 0 Å². The third-order valence-corrected chi connectivity index (χ3v) is 4.66. The maximum absolute atomic E-state index is 6.02. The fraction of sp³-hybridized carbons (Fsp3) is 0.500. The van der Waals surface area contributed by atoms with E-state index in [0.717, 1.165) is 25.0 Å². The van der Waals surface area contributed by atoms with Gasteiger partial charge >= 0.3 is 0 Å². The second-order valence-corrected chi connectivity index (χ2v) is 7.42. The fourth-order valence-corrected chi connectivity index (χ4v) is 2.75. The van der Waals surface area contributed by atoms with Crippen LogP contribution >= 0.6 is 0 Å². The van der Waals surface area contributed by atoms with E-state index in [1.165, 1.54) is 39.8 Å². The lowest BCUT2D eigenvalue weighted by Gasteiger charge is -2.13. The zero-order valence-electron chi connectivity index (χ0n) is 17.3. The first-order chi connectivity index (χ1) is 11.8. The van der Waals surface area contributed by atoms with E-state index >= 15 is 0 Å². The second kappa shape index (κ2) is 11.0. The molecule has 0 N–H and O–H groups in total. The molecule has 0 radical (unpaired) electrons. The molecule has 1 aromatic carbocycles. The Morgan fingerprint density at radius 2 is 1.36 bits per heavy atom. The molecular formula is C24H36O. The zero-order valence-corrected chi connectivity index (χ0v) is 17.3. The molecule has 0 aliphatic heterocycles. The maximum Gasteiger partial charge on any atom is 0.125 e. The average Bonchev–Trinajstić information content (AvgIpc) is 2.54. The minimum atomic E-state index is 0.653. The third-order valence-electron chi connectivity index (χ3n) is 4.66. The van der Waals surface area contributed by atoms with Crippen molar-refractivity contribution in [3.05, 3.63) is 63.8 Å². The molecule has 0 aromatic heterocycles. The number of aryl methyl sites for hydroxylation is 2. The van der Waals surface area contributed by atoms with E-state index in [1.54, 1.807) is 0 Å². The van der Waals surface area contributed by atoms with Crippen molar-refractivity contribution >= 4 is 0 Å². The fourth-order valence-electron chi connectivity index (χ4n) is 2.75. The Bertz CT molecular complexity index is 640. The summed E-state index contributed by atoms with van der Waals surface area (Å²) in [5.41, 5.74) is 8.05. The molecule has 0 fully saturated rings. The lowest BCUT2D eigenvalue weighted by Crippen LogP contribution is -2.00. The molecule has 0 bridgehead atoms. The largest absolute Gasteiger partial charge is 0.489 e. The van der Waals surface area contributed by atoms with Crippen LogP contribution in [-0.4, -0.2) is 6.61 Å². The van der Waals surface area contributed by atoms with Crippen LogP contribution in [0.25, 0.3) is 0 Å². The van der Waals surface area contributed by atoms with Crippen molar-refractivity contribution in [1.82, 2.24) is 0 Å². The minimum absolute atomic E-state index is 0.653. The molecule has 0 aliphatic carbocycles. The molecule has 138 valence electrons. The molecule has 0 heterocycles. The van der Waals surface area contributed by atoms with Crippen LogP contribution in [-0.2, 0) is 0 Å². The van der Waals surface area contributed by atoms with Gasteiger partial charge < -0.3 is 4.74 Å². The Kier molecular flexibility index (Phi) is 9.34. The van der Waals surface area contributed by atoms with Crippen molar-refractivity contribution < 1.29 is 4.74 Å². The summed E-state index contributed by atoms with van der Waals surface area (Å²) in [6.45, 7) is 15.8. The smallest absolute Gasteiger partial charge is 0.125 e. The summed E-state index contributed by atoms with van der Waals surface area (Å²) in [6.07, 6.45) is 11.5. The summed E-state index contributed by atoms with van der Waals surface area (Å²) in [5.74, 6) is 1.04. The van der Waals surface area contributed by atoms with Crippen molar-refractivity contribution in [3.8, 4) is 5.75 Å². The molecule has 1 nitrogen and oxygen atoms in total. The van der Waals surface area contributed by atoms with E-state index in [4.69, 9.17) is 4.74 Å². The van der Waals surface area contributed by atoms with Crippen molar-refractivity contribution in [2.45, 2.75) is 74.1 Å².